The molecular formula is C16H19F4NO3S. The molecule has 1 N–H and O–H groups in total. The Balaban J connectivity index is 3.27. The topological polar surface area (TPSA) is 72.7 Å². The van der Waals surface area contributed by atoms with Gasteiger partial charge in [-0.1, -0.05) is 16.5 Å². The molecule has 9 heteroatoms. The van der Waals surface area contributed by atoms with E-state index in [0.717, 1.165) is 12.1 Å². The van der Waals surface area contributed by atoms with E-state index in [1.165, 1.54) is 12.1 Å². The van der Waals surface area contributed by atoms with E-state index in [1.807, 2.05) is 0 Å². The number of alkyl halides is 3. The normalized spacial score (nSPS) is 15.8. The van der Waals surface area contributed by atoms with Gasteiger partial charge in [0.2, 0.25) is 0 Å². The summed E-state index contributed by atoms with van der Waals surface area (Å²) in [6, 6.07) is 4.54. The van der Waals surface area contributed by atoms with Crippen molar-refractivity contribution < 1.29 is 32.0 Å². The zero-order valence-corrected chi connectivity index (χ0v) is 14.7. The van der Waals surface area contributed by atoms with Crippen LogP contribution < -0.4 is 0 Å². The fraction of sp³-hybridized carbons (Fsp3) is 0.500. The van der Waals surface area contributed by atoms with Crippen LogP contribution in [-0.2, 0) is 16.2 Å². The molecule has 1 aromatic carbocycles. The molecule has 0 bridgehead atoms. The van der Waals surface area contributed by atoms with Crippen molar-refractivity contribution in [2.45, 2.75) is 44.5 Å². The monoisotopic (exact) mass is 381 g/mol. The van der Waals surface area contributed by atoms with Gasteiger partial charge in [0.1, 0.15) is 21.9 Å². The Morgan fingerprint density at radius 1 is 1.20 bits per heavy atom. The maximum Gasteiger partial charge on any atom is 0.392 e. The second-order valence-electron chi connectivity index (χ2n) is 6.45. The lowest BCUT2D eigenvalue weighted by Crippen LogP contribution is -2.30. The molecule has 4 nitrogen and oxygen atoms in total. The molecule has 0 radical (unpaired) electrons. The minimum Gasteiger partial charge on any atom is -0.591 e. The lowest BCUT2D eigenvalue weighted by molar-refractivity contribution is -0.181. The van der Waals surface area contributed by atoms with Crippen LogP contribution in [0, 0.1) is 11.7 Å². The van der Waals surface area contributed by atoms with E-state index in [2.05, 4.69) is 4.40 Å². The van der Waals surface area contributed by atoms with Gasteiger partial charge in [0.15, 0.2) is 0 Å². The summed E-state index contributed by atoms with van der Waals surface area (Å²) in [5.41, 5.74) is -0.00419. The van der Waals surface area contributed by atoms with Gasteiger partial charge >= 0.3 is 12.1 Å². The number of hydrogen-bond donors (Lipinski definition) is 1. The molecule has 0 aliphatic rings. The lowest BCUT2D eigenvalue weighted by atomic mass is 9.94. The average molecular weight is 381 g/mol. The van der Waals surface area contributed by atoms with Crippen molar-refractivity contribution in [1.82, 2.24) is 0 Å². The molecular weight excluding hydrogens is 362 g/mol. The number of aliphatic carboxylic acids is 1. The fourth-order valence-electron chi connectivity index (χ4n) is 1.83. The maximum atomic E-state index is 13.1. The zero-order chi connectivity index (χ0) is 19.4. The molecule has 0 fully saturated rings. The van der Waals surface area contributed by atoms with Gasteiger partial charge in [-0.15, -0.1) is 0 Å². The maximum absolute atomic E-state index is 13.1. The first-order valence-electron chi connectivity index (χ1n) is 7.34. The van der Waals surface area contributed by atoms with Gasteiger partial charge in [-0.25, -0.2) is 4.39 Å². The first-order chi connectivity index (χ1) is 11.3. The van der Waals surface area contributed by atoms with E-state index >= 15 is 0 Å². The number of carboxylic acid groups (broad SMARTS) is 1. The van der Waals surface area contributed by atoms with Crippen LogP contribution in [0.3, 0.4) is 0 Å². The van der Waals surface area contributed by atoms with E-state index < -0.39 is 52.8 Å². The van der Waals surface area contributed by atoms with Crippen LogP contribution >= 0.6 is 0 Å². The van der Waals surface area contributed by atoms with Gasteiger partial charge in [-0.05, 0) is 32.9 Å². The van der Waals surface area contributed by atoms with Gasteiger partial charge < -0.3 is 9.66 Å². The largest absolute Gasteiger partial charge is 0.591 e. The van der Waals surface area contributed by atoms with Gasteiger partial charge in [-0.3, -0.25) is 4.79 Å². The number of benzene rings is 1. The molecule has 0 aromatic heterocycles. The molecule has 1 aromatic rings. The molecule has 0 spiro atoms. The second kappa shape index (κ2) is 8.18. The Kier molecular flexibility index (Phi) is 7.01. The summed E-state index contributed by atoms with van der Waals surface area (Å²) in [5.74, 6) is -4.37. The summed E-state index contributed by atoms with van der Waals surface area (Å²) in [5, 5.41) is 8.73. The minimum atomic E-state index is -4.76. The number of carbonyl (C=O) groups is 1. The van der Waals surface area contributed by atoms with Crippen LogP contribution in [0.25, 0.3) is 0 Å². The van der Waals surface area contributed by atoms with Crippen molar-refractivity contribution in [3.8, 4) is 0 Å². The highest BCUT2D eigenvalue weighted by molar-refractivity contribution is 7.91. The molecule has 2 atom stereocenters. The molecule has 2 unspecified atom stereocenters. The van der Waals surface area contributed by atoms with Crippen LogP contribution in [0.5, 0.6) is 0 Å². The van der Waals surface area contributed by atoms with Crippen molar-refractivity contribution >= 4 is 23.0 Å². The average Bonchev–Trinajstić information content (AvgIpc) is 2.44. The van der Waals surface area contributed by atoms with Gasteiger partial charge in [0.05, 0.1) is 18.1 Å². The highest BCUT2D eigenvalue weighted by atomic mass is 32.2. The molecule has 0 saturated carbocycles. The Morgan fingerprint density at radius 2 is 1.72 bits per heavy atom. The van der Waals surface area contributed by atoms with E-state index in [1.54, 1.807) is 20.8 Å². The first-order valence-corrected chi connectivity index (χ1v) is 8.45. The number of halogens is 4. The van der Waals surface area contributed by atoms with E-state index in [4.69, 9.17) is 5.11 Å². The summed E-state index contributed by atoms with van der Waals surface area (Å²) in [4.78, 5) is 10.8. The summed E-state index contributed by atoms with van der Waals surface area (Å²) in [6.07, 6.45) is -6.66. The summed E-state index contributed by atoms with van der Waals surface area (Å²) in [7, 11) is 0. The third kappa shape index (κ3) is 7.03. The predicted octanol–water partition coefficient (Wildman–Crippen LogP) is 4.12. The Hall–Kier alpha value is -1.61. The predicted molar refractivity (Wildman–Crippen MR) is 87.2 cm³/mol. The van der Waals surface area contributed by atoms with Gasteiger partial charge in [0.25, 0.3) is 0 Å². The van der Waals surface area contributed by atoms with E-state index in [0.29, 0.717) is 0 Å². The van der Waals surface area contributed by atoms with Crippen molar-refractivity contribution in [3.63, 3.8) is 0 Å². The summed E-state index contributed by atoms with van der Waals surface area (Å²) in [6.45, 7) is 4.81. The SMILES string of the molecule is CC(C)(C)[S+]([O-])N=C(CC(CC(=O)O)C(F)(F)F)c1ccc(F)cc1. The smallest absolute Gasteiger partial charge is 0.392 e. The summed E-state index contributed by atoms with van der Waals surface area (Å²) >= 11 is -1.85. The van der Waals surface area contributed by atoms with Crippen molar-refractivity contribution in [3.05, 3.63) is 35.6 Å². The third-order valence-corrected chi connectivity index (χ3v) is 4.65. The first kappa shape index (κ1) is 21.4. The Morgan fingerprint density at radius 3 is 2.12 bits per heavy atom. The molecule has 25 heavy (non-hydrogen) atoms. The Labute approximate surface area is 146 Å². The van der Waals surface area contributed by atoms with Gasteiger partial charge in [0, 0.05) is 12.0 Å². The van der Waals surface area contributed by atoms with Crippen LogP contribution in [0.4, 0.5) is 17.6 Å². The third-order valence-electron chi connectivity index (χ3n) is 3.22. The molecule has 0 aliphatic carbocycles. The lowest BCUT2D eigenvalue weighted by Gasteiger charge is -2.22. The van der Waals surface area contributed by atoms with Crippen LogP contribution in [0.2, 0.25) is 0 Å². The molecule has 0 amide bonds. The van der Waals surface area contributed by atoms with Crippen LogP contribution in [0.15, 0.2) is 28.7 Å². The quantitative estimate of drug-likeness (QED) is 0.458. The number of carboxylic acids is 1. The molecule has 0 saturated heterocycles. The standard InChI is InChI=1S/C16H19F4NO3S/c1-15(2,3)25(24)21-13(10-4-6-12(17)7-5-10)8-11(9-14(22)23)16(18,19)20/h4-7,11H,8-9H2,1-3H3,(H,22,23). The van der Waals surface area contributed by atoms with E-state index in [9.17, 15) is 26.9 Å². The Bertz CT molecular complexity index is 624. The molecule has 1 rings (SSSR count). The highest BCUT2D eigenvalue weighted by Gasteiger charge is 2.42. The highest BCUT2D eigenvalue weighted by Crippen LogP contribution is 2.33. The summed E-state index contributed by atoms with van der Waals surface area (Å²) < 4.78 is 67.8. The molecule has 0 heterocycles. The number of nitrogens with zero attached hydrogens (tertiary/aromatic N) is 1. The number of hydrogen-bond acceptors (Lipinski definition) is 3. The van der Waals surface area contributed by atoms with E-state index in [-0.39, 0.29) is 11.3 Å². The molecule has 0 aliphatic heterocycles. The number of rotatable bonds is 6. The second-order valence-corrected chi connectivity index (χ2v) is 8.35. The van der Waals surface area contributed by atoms with Crippen LogP contribution in [-0.4, -0.2) is 32.3 Å². The van der Waals surface area contributed by atoms with Crippen molar-refractivity contribution in [2.75, 3.05) is 0 Å². The molecule has 140 valence electrons. The van der Waals surface area contributed by atoms with Crippen molar-refractivity contribution in [2.24, 2.45) is 10.3 Å². The zero-order valence-electron chi connectivity index (χ0n) is 13.9. The minimum absolute atomic E-state index is 0.165. The van der Waals surface area contributed by atoms with Gasteiger partial charge in [-0.2, -0.15) is 13.2 Å². The fourth-order valence-corrected chi connectivity index (χ4v) is 2.49. The van der Waals surface area contributed by atoms with Crippen LogP contribution in [0.1, 0.15) is 39.2 Å². The van der Waals surface area contributed by atoms with Crippen molar-refractivity contribution in [1.29, 1.82) is 0 Å².